The topological polar surface area (TPSA) is 140 Å². The van der Waals surface area contributed by atoms with E-state index in [1.807, 2.05) is 36.4 Å². The van der Waals surface area contributed by atoms with Gasteiger partial charge in [0.1, 0.15) is 24.1 Å². The maximum absolute atomic E-state index is 12.6. The average molecular weight is 477 g/mol. The molecule has 2 aromatic carbocycles. The summed E-state index contributed by atoms with van der Waals surface area (Å²) in [5, 5.41) is 18.2. The summed E-state index contributed by atoms with van der Waals surface area (Å²) in [5.41, 5.74) is 4.77. The third-order valence-electron chi connectivity index (χ3n) is 6.28. The Kier molecular flexibility index (Phi) is 6.19. The lowest BCUT2D eigenvalue weighted by molar-refractivity contribution is -0.148. The molecule has 3 N–H and O–H groups in total. The number of carbonyl (C=O) groups excluding carboxylic acids is 2. The zero-order chi connectivity index (χ0) is 24.4. The second kappa shape index (κ2) is 9.59. The number of rotatable bonds is 7. The van der Waals surface area contributed by atoms with Crippen LogP contribution >= 0.6 is 0 Å². The van der Waals surface area contributed by atoms with Gasteiger partial charge in [-0.3, -0.25) is 4.79 Å². The first-order valence-electron chi connectivity index (χ1n) is 11.2. The van der Waals surface area contributed by atoms with E-state index in [2.05, 4.69) is 27.9 Å². The highest BCUT2D eigenvalue weighted by atomic mass is 16.5. The van der Waals surface area contributed by atoms with Gasteiger partial charge in [-0.2, -0.15) is 0 Å². The van der Waals surface area contributed by atoms with Gasteiger partial charge in [0.2, 0.25) is 0 Å². The van der Waals surface area contributed by atoms with E-state index in [1.165, 1.54) is 0 Å². The molecule has 5 rings (SSSR count). The largest absolute Gasteiger partial charge is 0.479 e. The second-order valence-corrected chi connectivity index (χ2v) is 8.35. The van der Waals surface area contributed by atoms with Gasteiger partial charge in [0.25, 0.3) is 5.91 Å². The number of benzene rings is 2. The molecular weight excluding hydrogens is 454 g/mol. The number of aliphatic carboxylic acids is 1. The number of carbonyl (C=O) groups is 3. The van der Waals surface area contributed by atoms with Gasteiger partial charge < -0.3 is 29.7 Å². The number of hydrogen-bond acceptors (Lipinski definition) is 7. The number of amides is 2. The van der Waals surface area contributed by atoms with Crippen LogP contribution in [-0.4, -0.2) is 53.6 Å². The molecule has 1 fully saturated rings. The number of carboxylic acids is 1. The van der Waals surface area contributed by atoms with Crippen LogP contribution in [0.2, 0.25) is 0 Å². The minimum Gasteiger partial charge on any atom is -0.479 e. The Morgan fingerprint density at radius 1 is 1.06 bits per heavy atom. The van der Waals surface area contributed by atoms with E-state index in [9.17, 15) is 19.5 Å². The number of nitrogens with one attached hydrogen (secondary N) is 2. The number of aromatic nitrogens is 1. The molecule has 10 nitrogen and oxygen atoms in total. The summed E-state index contributed by atoms with van der Waals surface area (Å²) in [7, 11) is 0. The zero-order valence-electron chi connectivity index (χ0n) is 18.6. The van der Waals surface area contributed by atoms with Gasteiger partial charge in [-0.1, -0.05) is 53.7 Å². The second-order valence-electron chi connectivity index (χ2n) is 8.35. The van der Waals surface area contributed by atoms with Crippen LogP contribution in [-0.2, 0) is 20.8 Å². The zero-order valence-corrected chi connectivity index (χ0v) is 18.6. The van der Waals surface area contributed by atoms with E-state index in [-0.39, 0.29) is 36.9 Å². The fourth-order valence-corrected chi connectivity index (χ4v) is 4.60. The molecule has 1 aliphatic heterocycles. The van der Waals surface area contributed by atoms with E-state index in [0.29, 0.717) is 6.42 Å². The standard InChI is InChI=1S/C25H23N3O7/c29-23(27-20-9-10-33-22(20)24(30)31)19-13-35-28-21(19)11-26-25(32)34-12-18-16-7-3-1-5-14(16)15-6-2-4-8-17(15)18/h1-8,13,18,20,22H,9-12H2,(H,26,32)(H,27,29)(H,30,31)/t20-,22+/m0/s1. The molecule has 0 spiro atoms. The Balaban J connectivity index is 1.18. The van der Waals surface area contributed by atoms with E-state index < -0.39 is 30.1 Å². The lowest BCUT2D eigenvalue weighted by Crippen LogP contribution is -2.44. The summed E-state index contributed by atoms with van der Waals surface area (Å²) >= 11 is 0. The number of fused-ring (bicyclic) bond motifs is 3. The van der Waals surface area contributed by atoms with Crippen molar-refractivity contribution in [3.05, 3.63) is 77.2 Å². The van der Waals surface area contributed by atoms with Crippen LogP contribution in [0.3, 0.4) is 0 Å². The van der Waals surface area contributed by atoms with Crippen molar-refractivity contribution in [2.45, 2.75) is 31.0 Å². The Morgan fingerprint density at radius 3 is 2.43 bits per heavy atom. The highest BCUT2D eigenvalue weighted by molar-refractivity contribution is 5.95. The molecule has 35 heavy (non-hydrogen) atoms. The van der Waals surface area contributed by atoms with Gasteiger partial charge in [-0.05, 0) is 28.7 Å². The van der Waals surface area contributed by atoms with Crippen molar-refractivity contribution in [3.63, 3.8) is 0 Å². The maximum atomic E-state index is 12.6. The summed E-state index contributed by atoms with van der Waals surface area (Å²) in [5.74, 6) is -1.77. The van der Waals surface area contributed by atoms with Crippen molar-refractivity contribution in [2.75, 3.05) is 13.2 Å². The Labute approximate surface area is 200 Å². The van der Waals surface area contributed by atoms with Gasteiger partial charge in [-0.25, -0.2) is 9.59 Å². The molecule has 0 saturated carbocycles. The lowest BCUT2D eigenvalue weighted by atomic mass is 9.98. The molecule has 1 aromatic heterocycles. The third-order valence-corrected chi connectivity index (χ3v) is 6.28. The van der Waals surface area contributed by atoms with Crippen molar-refractivity contribution in [1.82, 2.24) is 15.8 Å². The van der Waals surface area contributed by atoms with Crippen LogP contribution in [0, 0.1) is 0 Å². The molecule has 2 heterocycles. The van der Waals surface area contributed by atoms with E-state index >= 15 is 0 Å². The highest BCUT2D eigenvalue weighted by Gasteiger charge is 2.36. The highest BCUT2D eigenvalue weighted by Crippen LogP contribution is 2.44. The van der Waals surface area contributed by atoms with Gasteiger partial charge in [0.05, 0.1) is 12.6 Å². The molecule has 2 aliphatic rings. The van der Waals surface area contributed by atoms with Crippen molar-refractivity contribution in [1.29, 1.82) is 0 Å². The smallest absolute Gasteiger partial charge is 0.407 e. The number of nitrogens with zero attached hydrogens (tertiary/aromatic N) is 1. The van der Waals surface area contributed by atoms with Crippen LogP contribution in [0.4, 0.5) is 4.79 Å². The van der Waals surface area contributed by atoms with Crippen LogP contribution in [0.25, 0.3) is 11.1 Å². The predicted octanol–water partition coefficient (Wildman–Crippen LogP) is 2.69. The molecule has 180 valence electrons. The number of hydrogen-bond donors (Lipinski definition) is 3. The summed E-state index contributed by atoms with van der Waals surface area (Å²) in [6.45, 7) is 0.297. The molecule has 2 amide bonds. The van der Waals surface area contributed by atoms with Gasteiger partial charge in [-0.15, -0.1) is 0 Å². The van der Waals surface area contributed by atoms with Crippen molar-refractivity contribution in [3.8, 4) is 11.1 Å². The Bertz CT molecular complexity index is 1230. The van der Waals surface area contributed by atoms with Crippen molar-refractivity contribution < 1.29 is 33.5 Å². The summed E-state index contributed by atoms with van der Waals surface area (Å²) in [6, 6.07) is 15.4. The fraction of sp³-hybridized carbons (Fsp3) is 0.280. The first-order valence-corrected chi connectivity index (χ1v) is 11.2. The molecule has 3 aromatic rings. The normalized spacial score (nSPS) is 18.5. The van der Waals surface area contributed by atoms with Crippen LogP contribution in [0.1, 0.15) is 39.5 Å². The van der Waals surface area contributed by atoms with E-state index in [1.54, 1.807) is 0 Å². The molecular formula is C25H23N3O7. The monoisotopic (exact) mass is 477 g/mol. The predicted molar refractivity (Wildman–Crippen MR) is 122 cm³/mol. The molecule has 1 saturated heterocycles. The Morgan fingerprint density at radius 2 is 1.74 bits per heavy atom. The first-order chi connectivity index (χ1) is 17.0. The Hall–Kier alpha value is -4.18. The molecule has 0 bridgehead atoms. The molecule has 0 unspecified atom stereocenters. The quantitative estimate of drug-likeness (QED) is 0.472. The number of ether oxygens (including phenoxy) is 2. The number of alkyl carbamates (subject to hydrolysis) is 1. The summed E-state index contributed by atoms with van der Waals surface area (Å²) < 4.78 is 15.5. The molecule has 10 heteroatoms. The summed E-state index contributed by atoms with van der Waals surface area (Å²) in [6.07, 6.45) is -0.241. The van der Waals surface area contributed by atoms with E-state index in [4.69, 9.17) is 14.0 Å². The van der Waals surface area contributed by atoms with E-state index in [0.717, 1.165) is 28.5 Å². The fourth-order valence-electron chi connectivity index (χ4n) is 4.60. The van der Waals surface area contributed by atoms with Crippen LogP contribution in [0.5, 0.6) is 0 Å². The third kappa shape index (κ3) is 4.47. The van der Waals surface area contributed by atoms with Gasteiger partial charge in [0.15, 0.2) is 6.10 Å². The summed E-state index contributed by atoms with van der Waals surface area (Å²) in [4.78, 5) is 36.3. The van der Waals surface area contributed by atoms with Crippen LogP contribution < -0.4 is 10.6 Å². The molecule has 2 atom stereocenters. The lowest BCUT2D eigenvalue weighted by Gasteiger charge is -2.16. The average Bonchev–Trinajstić information content (AvgIpc) is 3.59. The molecule has 1 aliphatic carbocycles. The van der Waals surface area contributed by atoms with Gasteiger partial charge in [0, 0.05) is 12.5 Å². The first kappa shape index (κ1) is 22.6. The van der Waals surface area contributed by atoms with Crippen LogP contribution in [0.15, 0.2) is 59.3 Å². The van der Waals surface area contributed by atoms with Crippen molar-refractivity contribution >= 4 is 18.0 Å². The maximum Gasteiger partial charge on any atom is 0.407 e. The SMILES string of the molecule is O=C(NCc1nocc1C(=O)N[C@H]1CCO[C@H]1C(=O)O)OCC1c2ccccc2-c2ccccc21. The van der Waals surface area contributed by atoms with Crippen molar-refractivity contribution in [2.24, 2.45) is 0 Å². The minimum absolute atomic E-state index is 0.0719. The minimum atomic E-state index is -1.14. The van der Waals surface area contributed by atoms with Gasteiger partial charge >= 0.3 is 12.1 Å². The molecule has 0 radical (unpaired) electrons. The number of carboxylic acid groups (broad SMARTS) is 1.